The van der Waals surface area contributed by atoms with E-state index in [1.54, 1.807) is 0 Å². The van der Waals surface area contributed by atoms with E-state index in [0.29, 0.717) is 12.2 Å². The standard InChI is InChI=1S/C15H26N4O2/c1-9(2)8-19-12(16)11(13(20)18-14(19)21)17-10-6-5-7-15(10,3)4/h9-10,17H,5-8,16H2,1-4H3,(H,18,20,21). The largest absolute Gasteiger partial charge is 0.383 e. The molecule has 0 amide bonds. The van der Waals surface area contributed by atoms with E-state index in [1.165, 1.54) is 4.57 Å². The summed E-state index contributed by atoms with van der Waals surface area (Å²) in [5.74, 6) is 0.506. The van der Waals surface area contributed by atoms with Crippen molar-refractivity contribution in [2.45, 2.75) is 59.5 Å². The number of anilines is 2. The Hall–Kier alpha value is -1.72. The molecule has 2 rings (SSSR count). The molecule has 1 unspecified atom stereocenters. The molecule has 0 spiro atoms. The van der Waals surface area contributed by atoms with E-state index in [1.807, 2.05) is 13.8 Å². The minimum absolute atomic E-state index is 0.123. The number of nitrogen functional groups attached to an aromatic ring is 1. The molecule has 118 valence electrons. The van der Waals surface area contributed by atoms with Crippen molar-refractivity contribution >= 4 is 11.5 Å². The van der Waals surface area contributed by atoms with E-state index in [0.717, 1.165) is 19.3 Å². The van der Waals surface area contributed by atoms with Gasteiger partial charge in [0, 0.05) is 12.6 Å². The van der Waals surface area contributed by atoms with Gasteiger partial charge in [-0.1, -0.05) is 34.1 Å². The lowest BCUT2D eigenvalue weighted by atomic mass is 9.87. The highest BCUT2D eigenvalue weighted by atomic mass is 16.2. The second-order valence-corrected chi connectivity index (χ2v) is 7.10. The molecule has 1 atom stereocenters. The van der Waals surface area contributed by atoms with Crippen molar-refractivity contribution in [1.29, 1.82) is 0 Å². The minimum Gasteiger partial charge on any atom is -0.383 e. The molecule has 0 bridgehead atoms. The highest BCUT2D eigenvalue weighted by Crippen LogP contribution is 2.39. The van der Waals surface area contributed by atoms with Crippen molar-refractivity contribution in [2.75, 3.05) is 11.1 Å². The van der Waals surface area contributed by atoms with Crippen LogP contribution in [0.3, 0.4) is 0 Å². The zero-order chi connectivity index (χ0) is 15.8. The van der Waals surface area contributed by atoms with Crippen molar-refractivity contribution < 1.29 is 0 Å². The van der Waals surface area contributed by atoms with Crippen LogP contribution < -0.4 is 22.3 Å². The fraction of sp³-hybridized carbons (Fsp3) is 0.733. The third-order valence-corrected chi connectivity index (χ3v) is 4.36. The van der Waals surface area contributed by atoms with Crippen LogP contribution in [-0.4, -0.2) is 15.6 Å². The summed E-state index contributed by atoms with van der Waals surface area (Å²) in [6.07, 6.45) is 3.26. The van der Waals surface area contributed by atoms with Crippen LogP contribution in [0.5, 0.6) is 0 Å². The van der Waals surface area contributed by atoms with Crippen LogP contribution in [0.1, 0.15) is 47.0 Å². The molecule has 0 aromatic carbocycles. The Kier molecular flexibility index (Phi) is 4.16. The number of H-pyrrole nitrogens is 1. The van der Waals surface area contributed by atoms with E-state index >= 15 is 0 Å². The van der Waals surface area contributed by atoms with Crippen LogP contribution in [0.25, 0.3) is 0 Å². The van der Waals surface area contributed by atoms with Crippen LogP contribution in [0, 0.1) is 11.3 Å². The molecule has 6 nitrogen and oxygen atoms in total. The average Bonchev–Trinajstić information content (AvgIpc) is 2.69. The first kappa shape index (κ1) is 15.7. The Labute approximate surface area is 124 Å². The van der Waals surface area contributed by atoms with Gasteiger partial charge in [0.2, 0.25) is 0 Å². The average molecular weight is 294 g/mol. The first-order valence-electron chi connectivity index (χ1n) is 7.61. The van der Waals surface area contributed by atoms with Gasteiger partial charge >= 0.3 is 5.69 Å². The maximum atomic E-state index is 12.1. The fourth-order valence-corrected chi connectivity index (χ4v) is 3.04. The molecule has 0 saturated heterocycles. The van der Waals surface area contributed by atoms with Gasteiger partial charge in [0.25, 0.3) is 5.56 Å². The molecule has 1 aromatic heterocycles. The Morgan fingerprint density at radius 2 is 2.10 bits per heavy atom. The minimum atomic E-state index is -0.442. The lowest BCUT2D eigenvalue weighted by molar-refractivity contribution is 0.349. The molecule has 1 aliphatic carbocycles. The van der Waals surface area contributed by atoms with E-state index in [-0.39, 0.29) is 23.2 Å². The Morgan fingerprint density at radius 1 is 1.43 bits per heavy atom. The molecule has 1 fully saturated rings. The van der Waals surface area contributed by atoms with Gasteiger partial charge in [-0.15, -0.1) is 0 Å². The zero-order valence-corrected chi connectivity index (χ0v) is 13.3. The van der Waals surface area contributed by atoms with Crippen LogP contribution in [-0.2, 0) is 6.54 Å². The second-order valence-electron chi connectivity index (χ2n) is 7.10. The van der Waals surface area contributed by atoms with Gasteiger partial charge in [0.15, 0.2) is 0 Å². The molecule has 0 aliphatic heterocycles. The van der Waals surface area contributed by atoms with Crippen molar-refractivity contribution in [3.05, 3.63) is 20.8 Å². The van der Waals surface area contributed by atoms with E-state index in [2.05, 4.69) is 24.1 Å². The summed E-state index contributed by atoms with van der Waals surface area (Å²) in [4.78, 5) is 26.4. The van der Waals surface area contributed by atoms with Crippen LogP contribution in [0.2, 0.25) is 0 Å². The monoisotopic (exact) mass is 294 g/mol. The van der Waals surface area contributed by atoms with Gasteiger partial charge in [-0.3, -0.25) is 14.3 Å². The molecule has 0 radical (unpaired) electrons. The number of nitrogens with zero attached hydrogens (tertiary/aromatic N) is 1. The van der Waals surface area contributed by atoms with Crippen molar-refractivity contribution in [1.82, 2.24) is 9.55 Å². The quantitative estimate of drug-likeness (QED) is 0.789. The highest BCUT2D eigenvalue weighted by molar-refractivity contribution is 5.61. The molecular weight excluding hydrogens is 268 g/mol. The van der Waals surface area contributed by atoms with E-state index < -0.39 is 11.2 Å². The normalized spacial score (nSPS) is 20.9. The smallest absolute Gasteiger partial charge is 0.330 e. The molecule has 1 heterocycles. The predicted molar refractivity (Wildman–Crippen MR) is 85.6 cm³/mol. The van der Waals surface area contributed by atoms with Crippen LogP contribution >= 0.6 is 0 Å². The van der Waals surface area contributed by atoms with E-state index in [4.69, 9.17) is 5.73 Å². The second kappa shape index (κ2) is 5.58. The summed E-state index contributed by atoms with van der Waals surface area (Å²) >= 11 is 0. The van der Waals surface area contributed by atoms with E-state index in [9.17, 15) is 9.59 Å². The zero-order valence-electron chi connectivity index (χ0n) is 13.3. The number of rotatable bonds is 4. The topological polar surface area (TPSA) is 92.9 Å². The number of hydrogen-bond donors (Lipinski definition) is 3. The molecular formula is C15H26N4O2. The number of hydrogen-bond acceptors (Lipinski definition) is 4. The third kappa shape index (κ3) is 3.14. The number of aromatic nitrogens is 2. The Morgan fingerprint density at radius 3 is 2.62 bits per heavy atom. The van der Waals surface area contributed by atoms with Crippen molar-refractivity contribution in [3.8, 4) is 0 Å². The lowest BCUT2D eigenvalue weighted by Gasteiger charge is -2.29. The summed E-state index contributed by atoms with van der Waals surface area (Å²) in [6, 6.07) is 0.200. The van der Waals surface area contributed by atoms with Gasteiger partial charge in [0.05, 0.1) is 0 Å². The third-order valence-electron chi connectivity index (χ3n) is 4.36. The Balaban J connectivity index is 2.40. The summed E-state index contributed by atoms with van der Waals surface area (Å²) in [6.45, 7) is 8.87. The number of aromatic amines is 1. The summed E-state index contributed by atoms with van der Waals surface area (Å²) in [7, 11) is 0. The molecule has 1 aliphatic rings. The predicted octanol–water partition coefficient (Wildman–Crippen LogP) is 1.77. The van der Waals surface area contributed by atoms with Crippen molar-refractivity contribution in [2.24, 2.45) is 11.3 Å². The maximum absolute atomic E-state index is 12.1. The van der Waals surface area contributed by atoms with Crippen LogP contribution in [0.4, 0.5) is 11.5 Å². The molecule has 1 aromatic rings. The molecule has 1 saturated carbocycles. The van der Waals surface area contributed by atoms with Gasteiger partial charge in [-0.25, -0.2) is 4.79 Å². The number of nitrogens with two attached hydrogens (primary N) is 1. The SMILES string of the molecule is CC(C)Cn1c(N)c(NC2CCCC2(C)C)c(=O)[nH]c1=O. The van der Waals surface area contributed by atoms with Crippen molar-refractivity contribution in [3.63, 3.8) is 0 Å². The van der Waals surface area contributed by atoms with Gasteiger partial charge in [-0.05, 0) is 24.2 Å². The molecule has 6 heteroatoms. The highest BCUT2D eigenvalue weighted by Gasteiger charge is 2.35. The summed E-state index contributed by atoms with van der Waals surface area (Å²) < 4.78 is 1.44. The maximum Gasteiger partial charge on any atom is 0.330 e. The Bertz CT molecular complexity index is 628. The fourth-order valence-electron chi connectivity index (χ4n) is 3.04. The van der Waals surface area contributed by atoms with Crippen LogP contribution in [0.15, 0.2) is 9.59 Å². The molecule has 21 heavy (non-hydrogen) atoms. The lowest BCUT2D eigenvalue weighted by Crippen LogP contribution is -2.39. The number of nitrogens with one attached hydrogen (secondary N) is 2. The van der Waals surface area contributed by atoms with Gasteiger partial charge < -0.3 is 11.1 Å². The summed E-state index contributed by atoms with van der Waals surface area (Å²) in [5, 5.41) is 3.28. The van der Waals surface area contributed by atoms with Gasteiger partial charge in [-0.2, -0.15) is 0 Å². The first-order chi connectivity index (χ1) is 9.72. The summed E-state index contributed by atoms with van der Waals surface area (Å²) in [5.41, 5.74) is 5.66. The van der Waals surface area contributed by atoms with Gasteiger partial charge in [0.1, 0.15) is 11.5 Å². The first-order valence-corrected chi connectivity index (χ1v) is 7.61. The molecule has 4 N–H and O–H groups in total.